The number of carboxylic acid groups (broad SMARTS) is 1. The second kappa shape index (κ2) is 8.34. The molecule has 1 aromatic rings. The molecule has 5 heteroatoms. The fourth-order valence-electron chi connectivity index (χ4n) is 4.30. The van der Waals surface area contributed by atoms with Gasteiger partial charge in [-0.1, -0.05) is 58.0 Å². The van der Waals surface area contributed by atoms with Crippen molar-refractivity contribution in [2.45, 2.75) is 65.3 Å². The molecule has 5 nitrogen and oxygen atoms in total. The SMILES string of the molecule is CCC[N+]1(C(=O)C(=O)C(C)(C)CC)CCCC(c2ccccc2)C1C(=O)O. The fraction of sp³-hybridized carbons (Fsp3) is 0.591. The number of aliphatic carboxylic acids is 1. The number of Topliss-reactive ketones (excluding diaryl/α,β-unsaturated/α-hetero) is 1. The molecule has 1 N–H and O–H groups in total. The van der Waals surface area contributed by atoms with Crippen LogP contribution in [0.4, 0.5) is 0 Å². The zero-order valence-corrected chi connectivity index (χ0v) is 16.9. The molecule has 1 aliphatic rings. The molecule has 0 aromatic heterocycles. The summed E-state index contributed by atoms with van der Waals surface area (Å²) in [6.07, 6.45) is 2.64. The number of likely N-dealkylation sites (tertiary alicyclic amines) is 1. The van der Waals surface area contributed by atoms with Gasteiger partial charge in [0, 0.05) is 11.3 Å². The van der Waals surface area contributed by atoms with Gasteiger partial charge in [-0.3, -0.25) is 4.79 Å². The van der Waals surface area contributed by atoms with E-state index in [4.69, 9.17) is 0 Å². The van der Waals surface area contributed by atoms with Gasteiger partial charge in [0.2, 0.25) is 6.04 Å². The summed E-state index contributed by atoms with van der Waals surface area (Å²) in [5.74, 6) is -2.24. The van der Waals surface area contributed by atoms with Crippen molar-refractivity contribution >= 4 is 17.7 Å². The summed E-state index contributed by atoms with van der Waals surface area (Å²) in [6, 6.07) is 8.61. The van der Waals surface area contributed by atoms with Gasteiger partial charge in [0.15, 0.2) is 0 Å². The Hall–Kier alpha value is -2.01. The molecule has 0 bridgehead atoms. The van der Waals surface area contributed by atoms with Gasteiger partial charge in [-0.25, -0.2) is 14.1 Å². The Morgan fingerprint density at radius 3 is 2.30 bits per heavy atom. The van der Waals surface area contributed by atoms with Crippen molar-refractivity contribution in [1.29, 1.82) is 0 Å². The van der Waals surface area contributed by atoms with Gasteiger partial charge in [-0.2, -0.15) is 0 Å². The number of rotatable bonds is 7. The molecule has 1 saturated heterocycles. The van der Waals surface area contributed by atoms with Crippen molar-refractivity contribution in [3.8, 4) is 0 Å². The van der Waals surface area contributed by atoms with Gasteiger partial charge in [0.25, 0.3) is 5.78 Å². The summed E-state index contributed by atoms with van der Waals surface area (Å²) in [7, 11) is 0. The van der Waals surface area contributed by atoms with Crippen LogP contribution in [-0.2, 0) is 14.4 Å². The maximum Gasteiger partial charge on any atom is 0.383 e. The first kappa shape index (κ1) is 21.3. The van der Waals surface area contributed by atoms with Gasteiger partial charge in [-0.05, 0) is 31.2 Å². The maximum atomic E-state index is 13.5. The van der Waals surface area contributed by atoms with E-state index in [-0.39, 0.29) is 10.4 Å². The molecule has 1 aliphatic heterocycles. The summed E-state index contributed by atoms with van der Waals surface area (Å²) < 4.78 is -0.256. The lowest BCUT2D eigenvalue weighted by Gasteiger charge is -2.47. The second-order valence-electron chi connectivity index (χ2n) is 8.30. The Kier molecular flexibility index (Phi) is 6.58. The van der Waals surface area contributed by atoms with Crippen LogP contribution in [-0.4, -0.2) is 46.4 Å². The summed E-state index contributed by atoms with van der Waals surface area (Å²) >= 11 is 0. The van der Waals surface area contributed by atoms with Crippen LogP contribution in [0.15, 0.2) is 30.3 Å². The van der Waals surface area contributed by atoms with Crippen molar-refractivity contribution in [2.24, 2.45) is 5.41 Å². The van der Waals surface area contributed by atoms with E-state index in [0.29, 0.717) is 32.4 Å². The zero-order valence-electron chi connectivity index (χ0n) is 16.9. The average molecular weight is 375 g/mol. The van der Waals surface area contributed by atoms with E-state index in [1.807, 2.05) is 44.2 Å². The van der Waals surface area contributed by atoms with E-state index in [0.717, 1.165) is 12.0 Å². The number of benzene rings is 1. The van der Waals surface area contributed by atoms with Crippen LogP contribution < -0.4 is 0 Å². The van der Waals surface area contributed by atoms with Crippen molar-refractivity contribution in [3.05, 3.63) is 35.9 Å². The quantitative estimate of drug-likeness (QED) is 0.582. The maximum absolute atomic E-state index is 13.5. The van der Waals surface area contributed by atoms with Crippen LogP contribution in [0.25, 0.3) is 0 Å². The summed E-state index contributed by atoms with van der Waals surface area (Å²) in [5, 5.41) is 10.1. The number of carbonyl (C=O) groups excluding carboxylic acids is 2. The lowest BCUT2D eigenvalue weighted by atomic mass is 9.78. The topological polar surface area (TPSA) is 71.4 Å². The molecule has 1 amide bonds. The Balaban J connectivity index is 2.56. The largest absolute Gasteiger partial charge is 0.477 e. The molecule has 0 radical (unpaired) electrons. The number of piperidine rings is 1. The average Bonchev–Trinajstić information content (AvgIpc) is 2.67. The second-order valence-corrected chi connectivity index (χ2v) is 8.30. The van der Waals surface area contributed by atoms with Crippen molar-refractivity contribution < 1.29 is 24.0 Å². The molecule has 0 spiro atoms. The predicted octanol–water partition coefficient (Wildman–Crippen LogP) is 3.78. The number of hydrogen-bond acceptors (Lipinski definition) is 3. The third kappa shape index (κ3) is 3.98. The molecule has 148 valence electrons. The highest BCUT2D eigenvalue weighted by Crippen LogP contribution is 2.39. The summed E-state index contributed by atoms with van der Waals surface area (Å²) in [5.41, 5.74) is 0.150. The van der Waals surface area contributed by atoms with Crippen LogP contribution in [0.2, 0.25) is 0 Å². The highest BCUT2D eigenvalue weighted by molar-refractivity contribution is 6.35. The van der Waals surface area contributed by atoms with E-state index in [1.54, 1.807) is 13.8 Å². The van der Waals surface area contributed by atoms with Gasteiger partial charge >= 0.3 is 11.9 Å². The highest BCUT2D eigenvalue weighted by atomic mass is 16.4. The van der Waals surface area contributed by atoms with E-state index < -0.39 is 29.1 Å². The van der Waals surface area contributed by atoms with E-state index in [9.17, 15) is 19.5 Å². The number of ketones is 1. The van der Waals surface area contributed by atoms with Crippen molar-refractivity contribution in [2.75, 3.05) is 13.1 Å². The van der Waals surface area contributed by atoms with Crippen molar-refractivity contribution in [1.82, 2.24) is 0 Å². The molecule has 3 unspecified atom stereocenters. The lowest BCUT2D eigenvalue weighted by Crippen LogP contribution is -2.69. The van der Waals surface area contributed by atoms with Crippen LogP contribution in [0, 0.1) is 5.41 Å². The van der Waals surface area contributed by atoms with Crippen LogP contribution in [0.3, 0.4) is 0 Å². The molecule has 3 atom stereocenters. The predicted molar refractivity (Wildman–Crippen MR) is 104 cm³/mol. The van der Waals surface area contributed by atoms with Gasteiger partial charge < -0.3 is 5.11 Å². The number of quaternary nitrogens is 1. The first-order valence-electron chi connectivity index (χ1n) is 9.95. The molecular formula is C22H32NO4+. The number of carbonyl (C=O) groups is 3. The Morgan fingerprint density at radius 2 is 1.78 bits per heavy atom. The van der Waals surface area contributed by atoms with E-state index in [1.165, 1.54) is 0 Å². The molecule has 1 fully saturated rings. The monoisotopic (exact) mass is 374 g/mol. The molecular weight excluding hydrogens is 342 g/mol. The lowest BCUT2D eigenvalue weighted by molar-refractivity contribution is -0.875. The standard InChI is InChI=1S/C22H31NO4/c1-5-14-23(20(25)19(24)22(3,4)6-2)15-10-13-17(18(23)21(26)27)16-11-8-7-9-12-16/h7-9,11-12,17-18H,5-6,10,13-15H2,1-4H3/p+1. The zero-order chi connectivity index (χ0) is 20.2. The molecule has 0 aliphatic carbocycles. The smallest absolute Gasteiger partial charge is 0.383 e. The Bertz CT molecular complexity index is 694. The summed E-state index contributed by atoms with van der Waals surface area (Å²) in [6.45, 7) is 8.15. The van der Waals surface area contributed by atoms with Crippen LogP contribution in [0.5, 0.6) is 0 Å². The fourth-order valence-corrected chi connectivity index (χ4v) is 4.30. The van der Waals surface area contributed by atoms with E-state index in [2.05, 4.69) is 0 Å². The van der Waals surface area contributed by atoms with Gasteiger partial charge in [0.1, 0.15) is 0 Å². The third-order valence-corrected chi connectivity index (χ3v) is 6.19. The first-order chi connectivity index (χ1) is 12.7. The number of carboxylic acids is 1. The highest BCUT2D eigenvalue weighted by Gasteiger charge is 2.57. The molecule has 0 saturated carbocycles. The van der Waals surface area contributed by atoms with Gasteiger partial charge in [-0.15, -0.1) is 0 Å². The number of amides is 1. The third-order valence-electron chi connectivity index (χ3n) is 6.19. The summed E-state index contributed by atoms with van der Waals surface area (Å²) in [4.78, 5) is 38.9. The minimum Gasteiger partial charge on any atom is -0.477 e. The minimum atomic E-state index is -0.993. The van der Waals surface area contributed by atoms with E-state index >= 15 is 0 Å². The normalized spacial score (nSPS) is 25.8. The Labute approximate surface area is 162 Å². The van der Waals surface area contributed by atoms with Crippen LogP contribution in [0.1, 0.15) is 64.9 Å². The number of hydrogen-bond donors (Lipinski definition) is 1. The molecule has 27 heavy (non-hydrogen) atoms. The molecule has 1 aromatic carbocycles. The van der Waals surface area contributed by atoms with Gasteiger partial charge in [0.05, 0.1) is 13.1 Å². The number of nitrogens with zero attached hydrogens (tertiary/aromatic N) is 1. The molecule has 2 rings (SSSR count). The minimum absolute atomic E-state index is 0.256. The molecule has 1 heterocycles. The van der Waals surface area contributed by atoms with Crippen LogP contribution >= 0.6 is 0 Å². The Morgan fingerprint density at radius 1 is 1.15 bits per heavy atom. The van der Waals surface area contributed by atoms with Crippen molar-refractivity contribution in [3.63, 3.8) is 0 Å². The first-order valence-corrected chi connectivity index (χ1v) is 9.95.